The number of oxazole rings is 1. The summed E-state index contributed by atoms with van der Waals surface area (Å²) in [5.74, 6) is -1.07. The number of nitriles is 1. The second kappa shape index (κ2) is 7.62. The van der Waals surface area contributed by atoms with Crippen molar-refractivity contribution in [3.63, 3.8) is 0 Å². The normalized spacial score (nSPS) is 13.6. The fourth-order valence-electron chi connectivity index (χ4n) is 1.91. The molecule has 0 spiro atoms. The highest BCUT2D eigenvalue weighted by Gasteiger charge is 2.30. The second-order valence-corrected chi connectivity index (χ2v) is 5.98. The van der Waals surface area contributed by atoms with Crippen molar-refractivity contribution in [1.29, 1.82) is 5.26 Å². The zero-order chi connectivity index (χ0) is 18.4. The molecule has 0 radical (unpaired) electrons. The molecule has 0 bridgehead atoms. The monoisotopic (exact) mass is 341 g/mol. The topological polar surface area (TPSA) is 105 Å². The number of ether oxygens (including phenoxy) is 1. The van der Waals surface area contributed by atoms with E-state index in [0.29, 0.717) is 11.1 Å². The quantitative estimate of drug-likeness (QED) is 0.639. The first kappa shape index (κ1) is 18.2. The van der Waals surface area contributed by atoms with Gasteiger partial charge in [0.05, 0.1) is 6.07 Å². The lowest BCUT2D eigenvalue weighted by molar-refractivity contribution is -0.144. The number of para-hydroxylation sites is 2. The molecule has 7 nitrogen and oxygen atoms in total. The zero-order valence-electron chi connectivity index (χ0n) is 14.3. The molecule has 1 aromatic heterocycles. The first-order valence-corrected chi connectivity index (χ1v) is 7.77. The number of amides is 1. The number of carbonyl (C=O) groups excluding carboxylic acids is 2. The number of hydrogen-bond acceptors (Lipinski definition) is 6. The number of nitrogens with one attached hydrogen (secondary N) is 1. The smallest absolute Gasteiger partial charge is 0.331 e. The van der Waals surface area contributed by atoms with E-state index in [2.05, 4.69) is 10.3 Å². The number of rotatable bonds is 6. The van der Waals surface area contributed by atoms with Gasteiger partial charge < -0.3 is 14.5 Å². The van der Waals surface area contributed by atoms with E-state index < -0.39 is 24.0 Å². The van der Waals surface area contributed by atoms with Crippen molar-refractivity contribution in [3.05, 3.63) is 36.2 Å². The van der Waals surface area contributed by atoms with E-state index in [-0.39, 0.29) is 11.8 Å². The fraction of sp³-hybridized carbons (Fsp3) is 0.333. The third-order valence-electron chi connectivity index (χ3n) is 3.80. The van der Waals surface area contributed by atoms with Crippen LogP contribution in [0.15, 0.2) is 34.8 Å². The van der Waals surface area contributed by atoms with Crippen LogP contribution < -0.4 is 5.32 Å². The third kappa shape index (κ3) is 4.67. The van der Waals surface area contributed by atoms with Crippen molar-refractivity contribution >= 4 is 29.1 Å². The lowest BCUT2D eigenvalue weighted by Crippen LogP contribution is -2.50. The van der Waals surface area contributed by atoms with Crippen molar-refractivity contribution in [3.8, 4) is 6.07 Å². The van der Waals surface area contributed by atoms with E-state index in [1.165, 1.54) is 6.08 Å². The molecule has 1 atom stereocenters. The summed E-state index contributed by atoms with van der Waals surface area (Å²) in [6.45, 7) is 4.78. The molecule has 1 heterocycles. The SMILES string of the molecule is CC(C)[C@@](C)(C#N)NC(=O)COC(=O)/C=C/c1nc2ccccc2o1. The molecule has 7 heteroatoms. The molecular weight excluding hydrogens is 322 g/mol. The van der Waals surface area contributed by atoms with Crippen molar-refractivity contribution in [2.24, 2.45) is 5.92 Å². The van der Waals surface area contributed by atoms with Gasteiger partial charge in [-0.25, -0.2) is 9.78 Å². The number of fused-ring (bicyclic) bond motifs is 1. The number of hydrogen-bond donors (Lipinski definition) is 1. The largest absolute Gasteiger partial charge is 0.452 e. The number of benzene rings is 1. The van der Waals surface area contributed by atoms with Crippen LogP contribution in [0.25, 0.3) is 17.2 Å². The summed E-state index contributed by atoms with van der Waals surface area (Å²) in [4.78, 5) is 27.7. The van der Waals surface area contributed by atoms with Crippen molar-refractivity contribution in [2.45, 2.75) is 26.3 Å². The Morgan fingerprint density at radius 2 is 2.16 bits per heavy atom. The van der Waals surface area contributed by atoms with Crippen molar-refractivity contribution in [1.82, 2.24) is 10.3 Å². The molecular formula is C18H19N3O4. The summed E-state index contributed by atoms with van der Waals surface area (Å²) < 4.78 is 10.3. The summed E-state index contributed by atoms with van der Waals surface area (Å²) in [5.41, 5.74) is 0.274. The summed E-state index contributed by atoms with van der Waals surface area (Å²) in [6, 6.07) is 9.26. The minimum absolute atomic E-state index is 0.0868. The first-order valence-electron chi connectivity index (χ1n) is 7.77. The molecule has 0 unspecified atom stereocenters. The molecule has 25 heavy (non-hydrogen) atoms. The highest BCUT2D eigenvalue weighted by atomic mass is 16.5. The maximum Gasteiger partial charge on any atom is 0.331 e. The van der Waals surface area contributed by atoms with Crippen LogP contribution in [0.4, 0.5) is 0 Å². The van der Waals surface area contributed by atoms with E-state index in [1.54, 1.807) is 19.1 Å². The third-order valence-corrected chi connectivity index (χ3v) is 3.80. The molecule has 0 fully saturated rings. The Morgan fingerprint density at radius 1 is 1.44 bits per heavy atom. The van der Waals surface area contributed by atoms with Gasteiger partial charge in [-0.3, -0.25) is 4.79 Å². The van der Waals surface area contributed by atoms with E-state index in [1.807, 2.05) is 32.0 Å². The van der Waals surface area contributed by atoms with Gasteiger partial charge >= 0.3 is 5.97 Å². The molecule has 1 amide bonds. The molecule has 0 saturated heterocycles. The summed E-state index contributed by atoms with van der Waals surface area (Å²) in [7, 11) is 0. The standard InChI is InChI=1S/C18H19N3O4/c1-12(2)18(3,11-19)21-15(22)10-24-17(23)9-8-16-20-13-6-4-5-7-14(13)25-16/h4-9,12H,10H2,1-3H3,(H,21,22)/b9-8+/t18-/m1/s1. The summed E-state index contributed by atoms with van der Waals surface area (Å²) in [6.07, 6.45) is 2.50. The molecule has 2 rings (SSSR count). The molecule has 2 aromatic rings. The number of esters is 1. The Bertz CT molecular complexity index is 814. The summed E-state index contributed by atoms with van der Waals surface area (Å²) >= 11 is 0. The van der Waals surface area contributed by atoms with Gasteiger partial charge in [-0.1, -0.05) is 26.0 Å². The first-order chi connectivity index (χ1) is 11.8. The van der Waals surface area contributed by atoms with Crippen molar-refractivity contribution in [2.75, 3.05) is 6.61 Å². The van der Waals surface area contributed by atoms with E-state index in [4.69, 9.17) is 14.4 Å². The lowest BCUT2D eigenvalue weighted by atomic mass is 9.90. The molecule has 0 aliphatic heterocycles. The van der Waals surface area contributed by atoms with Crippen LogP contribution in [0.1, 0.15) is 26.7 Å². The zero-order valence-corrected chi connectivity index (χ0v) is 14.3. The van der Waals surface area contributed by atoms with Gasteiger partial charge in [-0.05, 0) is 25.0 Å². The summed E-state index contributed by atoms with van der Waals surface area (Å²) in [5, 5.41) is 11.7. The Hall–Kier alpha value is -3.14. The predicted octanol–water partition coefficient (Wildman–Crippen LogP) is 2.44. The van der Waals surface area contributed by atoms with Gasteiger partial charge in [0.2, 0.25) is 5.89 Å². The van der Waals surface area contributed by atoms with Gasteiger partial charge in [0.1, 0.15) is 11.1 Å². The van der Waals surface area contributed by atoms with Crippen LogP contribution in [0.5, 0.6) is 0 Å². The van der Waals surface area contributed by atoms with Gasteiger partial charge in [0, 0.05) is 12.2 Å². The maximum absolute atomic E-state index is 11.8. The van der Waals surface area contributed by atoms with E-state index in [0.717, 1.165) is 6.08 Å². The lowest BCUT2D eigenvalue weighted by Gasteiger charge is -2.27. The van der Waals surface area contributed by atoms with Gasteiger partial charge in [0.25, 0.3) is 5.91 Å². The molecule has 0 aliphatic carbocycles. The van der Waals surface area contributed by atoms with Gasteiger partial charge in [0.15, 0.2) is 12.2 Å². The molecule has 1 N–H and O–H groups in total. The Labute approximate surface area is 145 Å². The minimum Gasteiger partial charge on any atom is -0.452 e. The minimum atomic E-state index is -1.02. The van der Waals surface area contributed by atoms with Crippen LogP contribution in [-0.2, 0) is 14.3 Å². The van der Waals surface area contributed by atoms with Crippen LogP contribution in [0.2, 0.25) is 0 Å². The molecule has 1 aromatic carbocycles. The highest BCUT2D eigenvalue weighted by Crippen LogP contribution is 2.16. The van der Waals surface area contributed by atoms with Gasteiger partial charge in [-0.15, -0.1) is 0 Å². The molecule has 130 valence electrons. The van der Waals surface area contributed by atoms with E-state index >= 15 is 0 Å². The average Bonchev–Trinajstić information content (AvgIpc) is 3.00. The van der Waals surface area contributed by atoms with Crippen LogP contribution in [0.3, 0.4) is 0 Å². The fourth-order valence-corrected chi connectivity index (χ4v) is 1.91. The van der Waals surface area contributed by atoms with E-state index in [9.17, 15) is 9.59 Å². The van der Waals surface area contributed by atoms with Crippen LogP contribution in [0, 0.1) is 17.2 Å². The Morgan fingerprint density at radius 3 is 2.80 bits per heavy atom. The number of aromatic nitrogens is 1. The van der Waals surface area contributed by atoms with Crippen molar-refractivity contribution < 1.29 is 18.7 Å². The number of nitrogens with zero attached hydrogens (tertiary/aromatic N) is 2. The highest BCUT2D eigenvalue weighted by molar-refractivity contribution is 5.89. The Kier molecular flexibility index (Phi) is 5.55. The van der Waals surface area contributed by atoms with Crippen LogP contribution in [-0.4, -0.2) is 29.0 Å². The van der Waals surface area contributed by atoms with Gasteiger partial charge in [-0.2, -0.15) is 5.26 Å². The second-order valence-electron chi connectivity index (χ2n) is 5.98. The van der Waals surface area contributed by atoms with Crippen LogP contribution >= 0.6 is 0 Å². The average molecular weight is 341 g/mol. The molecule has 0 aliphatic rings. The Balaban J connectivity index is 1.88. The number of carbonyl (C=O) groups is 2. The molecule has 0 saturated carbocycles. The predicted molar refractivity (Wildman–Crippen MR) is 91.0 cm³/mol. The maximum atomic E-state index is 11.8.